The van der Waals surface area contributed by atoms with E-state index in [1.54, 1.807) is 6.92 Å². The predicted octanol–water partition coefficient (Wildman–Crippen LogP) is 3.83. The molecule has 0 unspecified atom stereocenters. The number of sulfone groups is 1. The van der Waals surface area contributed by atoms with Gasteiger partial charge in [-0.2, -0.15) is 0 Å². The maximum Gasteiger partial charge on any atom is 0.212 e. The van der Waals surface area contributed by atoms with Crippen LogP contribution in [0, 0.1) is 0 Å². The molecule has 102 valence electrons. The third kappa shape index (κ3) is 2.23. The van der Waals surface area contributed by atoms with Gasteiger partial charge in [0, 0.05) is 0 Å². The van der Waals surface area contributed by atoms with Crippen LogP contribution < -0.4 is 0 Å². The molecule has 0 spiro atoms. The Hall–Kier alpha value is -1.72. The maximum atomic E-state index is 12.7. The second-order valence-electron chi connectivity index (χ2n) is 4.55. The largest absolute Gasteiger partial charge is 0.225 e. The van der Waals surface area contributed by atoms with Gasteiger partial charge in [0.2, 0.25) is 14.2 Å². The van der Waals surface area contributed by atoms with E-state index in [2.05, 4.69) is 4.98 Å². The molecule has 1 heterocycles. The minimum Gasteiger partial charge on any atom is -0.225 e. The highest BCUT2D eigenvalue weighted by Crippen LogP contribution is 2.33. The molecular formula is C15H13NO2S2. The topological polar surface area (TPSA) is 47.0 Å². The highest BCUT2D eigenvalue weighted by Gasteiger charge is 2.28. The Kier molecular flexibility index (Phi) is 3.31. The number of nitrogens with zero attached hydrogens (tertiary/aromatic N) is 1. The number of para-hydroxylation sites is 1. The lowest BCUT2D eigenvalue weighted by Gasteiger charge is -2.10. The van der Waals surface area contributed by atoms with E-state index in [0.29, 0.717) is 0 Å². The summed E-state index contributed by atoms with van der Waals surface area (Å²) in [7, 11) is -3.45. The van der Waals surface area contributed by atoms with E-state index in [1.807, 2.05) is 54.6 Å². The Balaban J connectivity index is 2.07. The minimum atomic E-state index is -3.45. The fourth-order valence-corrected chi connectivity index (χ4v) is 4.93. The zero-order valence-corrected chi connectivity index (χ0v) is 12.5. The highest BCUT2D eigenvalue weighted by molar-refractivity contribution is 7.93. The molecule has 0 aliphatic heterocycles. The summed E-state index contributed by atoms with van der Waals surface area (Å²) >= 11 is 1.23. The van der Waals surface area contributed by atoms with Crippen molar-refractivity contribution in [3.63, 3.8) is 0 Å². The molecule has 0 amide bonds. The summed E-state index contributed by atoms with van der Waals surface area (Å²) in [6.45, 7) is 1.71. The number of hydrogen-bond donors (Lipinski definition) is 0. The zero-order chi connectivity index (χ0) is 14.2. The lowest BCUT2D eigenvalue weighted by Crippen LogP contribution is -2.10. The van der Waals surface area contributed by atoms with Gasteiger partial charge in [-0.25, -0.2) is 13.4 Å². The molecule has 20 heavy (non-hydrogen) atoms. The molecule has 0 saturated heterocycles. The van der Waals surface area contributed by atoms with Gasteiger partial charge < -0.3 is 0 Å². The molecule has 0 aliphatic rings. The summed E-state index contributed by atoms with van der Waals surface area (Å²) in [4.78, 5) is 4.26. The van der Waals surface area contributed by atoms with Crippen molar-refractivity contribution in [3.8, 4) is 0 Å². The fourth-order valence-electron chi connectivity index (χ4n) is 2.03. The zero-order valence-electron chi connectivity index (χ0n) is 10.9. The molecule has 0 bridgehead atoms. The average molecular weight is 303 g/mol. The normalized spacial score (nSPS) is 13.4. The molecule has 0 aliphatic carbocycles. The molecule has 1 aromatic heterocycles. The molecule has 1 atom stereocenters. The molecule has 2 aromatic carbocycles. The summed E-state index contributed by atoms with van der Waals surface area (Å²) in [5.74, 6) is 0. The van der Waals surface area contributed by atoms with Crippen molar-refractivity contribution in [2.75, 3.05) is 0 Å². The lowest BCUT2D eigenvalue weighted by molar-refractivity contribution is 0.585. The summed E-state index contributed by atoms with van der Waals surface area (Å²) < 4.78 is 26.4. The first-order chi connectivity index (χ1) is 9.59. The van der Waals surface area contributed by atoms with Crippen LogP contribution in [0.15, 0.2) is 58.9 Å². The fraction of sp³-hybridized carbons (Fsp3) is 0.133. The first-order valence-electron chi connectivity index (χ1n) is 6.23. The monoisotopic (exact) mass is 303 g/mol. The van der Waals surface area contributed by atoms with Crippen molar-refractivity contribution in [3.05, 3.63) is 60.2 Å². The Bertz CT molecular complexity index is 805. The molecule has 5 heteroatoms. The van der Waals surface area contributed by atoms with Gasteiger partial charge in [-0.05, 0) is 24.6 Å². The number of thiazole rings is 1. The van der Waals surface area contributed by atoms with E-state index in [1.165, 1.54) is 11.3 Å². The van der Waals surface area contributed by atoms with Gasteiger partial charge in [-0.3, -0.25) is 0 Å². The molecule has 0 fully saturated rings. The predicted molar refractivity (Wildman–Crippen MR) is 81.7 cm³/mol. The number of hydrogen-bond acceptors (Lipinski definition) is 4. The van der Waals surface area contributed by atoms with Crippen molar-refractivity contribution in [2.24, 2.45) is 0 Å². The molecular weight excluding hydrogens is 290 g/mol. The molecule has 3 rings (SSSR count). The summed E-state index contributed by atoms with van der Waals surface area (Å²) in [6, 6.07) is 16.7. The van der Waals surface area contributed by atoms with Crippen molar-refractivity contribution in [1.82, 2.24) is 4.98 Å². The Morgan fingerprint density at radius 1 is 1.00 bits per heavy atom. The minimum absolute atomic E-state index is 0.190. The van der Waals surface area contributed by atoms with Crippen LogP contribution in [0.2, 0.25) is 0 Å². The number of benzene rings is 2. The van der Waals surface area contributed by atoms with Gasteiger partial charge in [0.25, 0.3) is 0 Å². The van der Waals surface area contributed by atoms with E-state index in [9.17, 15) is 8.42 Å². The summed E-state index contributed by atoms with van der Waals surface area (Å²) in [5, 5.41) is -0.593. The Morgan fingerprint density at radius 3 is 2.35 bits per heavy atom. The van der Waals surface area contributed by atoms with Crippen LogP contribution in [-0.2, 0) is 9.84 Å². The van der Waals surface area contributed by atoms with E-state index in [-0.39, 0.29) is 4.34 Å². The van der Waals surface area contributed by atoms with Crippen LogP contribution in [0.3, 0.4) is 0 Å². The average Bonchev–Trinajstić information content (AvgIpc) is 2.92. The van der Waals surface area contributed by atoms with Crippen molar-refractivity contribution < 1.29 is 8.42 Å². The van der Waals surface area contributed by atoms with Crippen LogP contribution in [0.4, 0.5) is 0 Å². The van der Waals surface area contributed by atoms with Gasteiger partial charge >= 0.3 is 0 Å². The smallest absolute Gasteiger partial charge is 0.212 e. The van der Waals surface area contributed by atoms with Crippen LogP contribution in [0.25, 0.3) is 10.2 Å². The van der Waals surface area contributed by atoms with E-state index in [4.69, 9.17) is 0 Å². The molecule has 0 N–H and O–H groups in total. The summed E-state index contributed by atoms with van der Waals surface area (Å²) in [5.41, 5.74) is 1.52. The van der Waals surface area contributed by atoms with Crippen LogP contribution in [-0.4, -0.2) is 13.4 Å². The van der Waals surface area contributed by atoms with Crippen molar-refractivity contribution >= 4 is 31.4 Å². The van der Waals surface area contributed by atoms with Gasteiger partial charge in [0.1, 0.15) is 0 Å². The summed E-state index contributed by atoms with van der Waals surface area (Å²) in [6.07, 6.45) is 0. The van der Waals surface area contributed by atoms with Gasteiger partial charge in [-0.15, -0.1) is 11.3 Å². The second kappa shape index (κ2) is 5.00. The third-order valence-corrected chi connectivity index (χ3v) is 6.81. The Morgan fingerprint density at radius 2 is 1.65 bits per heavy atom. The maximum absolute atomic E-state index is 12.7. The molecule has 3 nitrogen and oxygen atoms in total. The highest BCUT2D eigenvalue weighted by atomic mass is 32.2. The van der Waals surface area contributed by atoms with Crippen LogP contribution in [0.5, 0.6) is 0 Å². The molecule has 0 radical (unpaired) electrons. The SMILES string of the molecule is C[C@@H](c1ccccc1)S(=O)(=O)c1nc2ccccc2s1. The third-order valence-electron chi connectivity index (χ3n) is 3.25. The van der Waals surface area contributed by atoms with Crippen molar-refractivity contribution in [2.45, 2.75) is 16.5 Å². The van der Waals surface area contributed by atoms with E-state index in [0.717, 1.165) is 15.8 Å². The van der Waals surface area contributed by atoms with Crippen LogP contribution in [0.1, 0.15) is 17.7 Å². The number of fused-ring (bicyclic) bond motifs is 1. The first-order valence-corrected chi connectivity index (χ1v) is 8.60. The standard InChI is InChI=1S/C15H13NO2S2/c1-11(12-7-3-2-4-8-12)20(17,18)15-16-13-9-5-6-10-14(13)19-15/h2-11H,1H3/t11-/m0/s1. The second-order valence-corrected chi connectivity index (χ2v) is 8.02. The molecule has 3 aromatic rings. The number of aromatic nitrogens is 1. The number of rotatable bonds is 3. The van der Waals surface area contributed by atoms with E-state index >= 15 is 0 Å². The van der Waals surface area contributed by atoms with E-state index < -0.39 is 15.1 Å². The first kappa shape index (κ1) is 13.3. The van der Waals surface area contributed by atoms with Gasteiger partial charge in [-0.1, -0.05) is 42.5 Å². The van der Waals surface area contributed by atoms with Gasteiger partial charge in [0.15, 0.2) is 0 Å². The lowest BCUT2D eigenvalue weighted by atomic mass is 10.2. The quantitative estimate of drug-likeness (QED) is 0.738. The molecule has 0 saturated carbocycles. The van der Waals surface area contributed by atoms with Crippen LogP contribution >= 0.6 is 11.3 Å². The van der Waals surface area contributed by atoms with Gasteiger partial charge in [0.05, 0.1) is 15.5 Å². The van der Waals surface area contributed by atoms with Crippen molar-refractivity contribution in [1.29, 1.82) is 0 Å². The Labute approximate surface area is 121 Å².